The summed E-state index contributed by atoms with van der Waals surface area (Å²) in [5, 5.41) is 2.75. The van der Waals surface area contributed by atoms with Crippen molar-refractivity contribution < 1.29 is 18.3 Å². The van der Waals surface area contributed by atoms with Crippen molar-refractivity contribution in [1.82, 2.24) is 19.4 Å². The number of fused-ring (bicyclic) bond motifs is 1. The Kier molecular flexibility index (Phi) is 4.78. The van der Waals surface area contributed by atoms with Crippen LogP contribution in [0.15, 0.2) is 59.3 Å². The normalized spacial score (nSPS) is 16.1. The first-order chi connectivity index (χ1) is 15.1. The van der Waals surface area contributed by atoms with Crippen LogP contribution in [-0.4, -0.2) is 45.7 Å². The van der Waals surface area contributed by atoms with E-state index in [2.05, 4.69) is 10.3 Å². The van der Waals surface area contributed by atoms with Crippen molar-refractivity contribution in [3.8, 4) is 17.3 Å². The minimum absolute atomic E-state index is 0.0154. The average molecular weight is 421 g/mol. The second-order valence-electron chi connectivity index (χ2n) is 7.30. The van der Waals surface area contributed by atoms with Crippen molar-refractivity contribution in [2.75, 3.05) is 25.5 Å². The number of amides is 2. The number of imidazole rings is 1. The lowest BCUT2D eigenvalue weighted by Crippen LogP contribution is -2.33. The van der Waals surface area contributed by atoms with Gasteiger partial charge in [0, 0.05) is 31.0 Å². The van der Waals surface area contributed by atoms with Crippen LogP contribution in [0.5, 0.6) is 5.75 Å². The van der Waals surface area contributed by atoms with Crippen LogP contribution in [0.25, 0.3) is 22.7 Å². The third-order valence-electron chi connectivity index (χ3n) is 5.41. The molecule has 4 aromatic rings. The Morgan fingerprint density at radius 1 is 1.29 bits per heavy atom. The number of methoxy groups -OCH3 is 1. The summed E-state index contributed by atoms with van der Waals surface area (Å²) in [5.41, 5.74) is 1.89. The molecule has 2 amide bonds. The predicted octanol–water partition coefficient (Wildman–Crippen LogP) is 4.32. The van der Waals surface area contributed by atoms with Crippen molar-refractivity contribution in [2.45, 2.75) is 12.5 Å². The van der Waals surface area contributed by atoms with E-state index in [9.17, 15) is 9.18 Å². The Balaban J connectivity index is 1.38. The van der Waals surface area contributed by atoms with E-state index in [4.69, 9.17) is 14.1 Å². The van der Waals surface area contributed by atoms with Crippen molar-refractivity contribution in [2.24, 2.45) is 0 Å². The number of ether oxygens (including phenoxy) is 1. The van der Waals surface area contributed by atoms with Crippen LogP contribution >= 0.6 is 0 Å². The number of carbonyl (C=O) groups is 1. The van der Waals surface area contributed by atoms with Gasteiger partial charge in [-0.1, -0.05) is 0 Å². The molecule has 0 saturated carbocycles. The van der Waals surface area contributed by atoms with Gasteiger partial charge in [-0.15, -0.1) is 0 Å². The monoisotopic (exact) mass is 421 g/mol. The smallest absolute Gasteiger partial charge is 0.321 e. The zero-order valence-electron chi connectivity index (χ0n) is 16.8. The van der Waals surface area contributed by atoms with Crippen LogP contribution in [0.4, 0.5) is 14.9 Å². The highest BCUT2D eigenvalue weighted by Gasteiger charge is 2.31. The molecule has 0 bridgehead atoms. The number of pyridine rings is 1. The molecule has 1 fully saturated rings. The lowest BCUT2D eigenvalue weighted by Gasteiger charge is -2.19. The molecule has 31 heavy (non-hydrogen) atoms. The number of carbonyl (C=O) groups excluding carboxylic acids is 1. The number of halogens is 1. The molecule has 1 saturated heterocycles. The molecule has 4 heterocycles. The van der Waals surface area contributed by atoms with Crippen molar-refractivity contribution in [3.05, 3.63) is 60.7 Å². The predicted molar refractivity (Wildman–Crippen MR) is 112 cm³/mol. The lowest BCUT2D eigenvalue weighted by molar-refractivity contribution is 0.221. The third kappa shape index (κ3) is 3.48. The molecule has 1 aliphatic heterocycles. The Labute approximate surface area is 177 Å². The van der Waals surface area contributed by atoms with Crippen LogP contribution in [0.3, 0.4) is 0 Å². The molecule has 3 aromatic heterocycles. The van der Waals surface area contributed by atoms with E-state index in [1.807, 2.05) is 28.8 Å². The molecule has 9 heteroatoms. The van der Waals surface area contributed by atoms with Gasteiger partial charge in [-0.2, -0.15) is 0 Å². The fourth-order valence-electron chi connectivity index (χ4n) is 3.94. The maximum absolute atomic E-state index is 13.9. The van der Waals surface area contributed by atoms with Gasteiger partial charge in [-0.05, 0) is 42.8 Å². The van der Waals surface area contributed by atoms with Gasteiger partial charge in [0.05, 0.1) is 19.4 Å². The molecule has 1 aromatic carbocycles. The molecular formula is C22H20FN5O3. The number of anilines is 1. The van der Waals surface area contributed by atoms with E-state index in [0.717, 1.165) is 17.6 Å². The number of urea groups is 1. The van der Waals surface area contributed by atoms with Crippen molar-refractivity contribution in [1.29, 1.82) is 0 Å². The van der Waals surface area contributed by atoms with Crippen LogP contribution in [0.1, 0.15) is 12.5 Å². The van der Waals surface area contributed by atoms with Gasteiger partial charge in [-0.25, -0.2) is 19.2 Å². The molecule has 0 aliphatic carbocycles. The van der Waals surface area contributed by atoms with E-state index in [1.165, 1.54) is 19.2 Å². The molecule has 0 spiro atoms. The number of nitrogens with zero attached hydrogens (tertiary/aromatic N) is 4. The molecule has 1 N–H and O–H groups in total. The maximum Gasteiger partial charge on any atom is 0.321 e. The molecule has 1 unspecified atom stereocenters. The van der Waals surface area contributed by atoms with E-state index < -0.39 is 5.82 Å². The Morgan fingerprint density at radius 2 is 2.19 bits per heavy atom. The highest BCUT2D eigenvalue weighted by Crippen LogP contribution is 2.32. The zero-order valence-corrected chi connectivity index (χ0v) is 16.8. The van der Waals surface area contributed by atoms with E-state index in [0.29, 0.717) is 30.4 Å². The van der Waals surface area contributed by atoms with Crippen molar-refractivity contribution in [3.63, 3.8) is 0 Å². The minimum atomic E-state index is -0.529. The first kappa shape index (κ1) is 19.1. The number of benzene rings is 1. The number of aromatic nitrogens is 3. The summed E-state index contributed by atoms with van der Waals surface area (Å²) in [6.45, 7) is 1.03. The summed E-state index contributed by atoms with van der Waals surface area (Å²) in [7, 11) is 1.40. The van der Waals surface area contributed by atoms with Crippen molar-refractivity contribution >= 4 is 22.9 Å². The topological polar surface area (TPSA) is 85.4 Å². The highest BCUT2D eigenvalue weighted by atomic mass is 19.1. The molecule has 5 rings (SSSR count). The summed E-state index contributed by atoms with van der Waals surface area (Å²) in [4.78, 5) is 23.7. The summed E-state index contributed by atoms with van der Waals surface area (Å²) < 4.78 is 26.5. The van der Waals surface area contributed by atoms with Crippen LogP contribution in [-0.2, 0) is 0 Å². The molecule has 1 atom stereocenters. The Bertz CT molecular complexity index is 1240. The number of furan rings is 1. The number of hydrogen-bond donors (Lipinski definition) is 1. The van der Waals surface area contributed by atoms with E-state index in [-0.39, 0.29) is 17.8 Å². The zero-order chi connectivity index (χ0) is 21.4. The van der Waals surface area contributed by atoms with Gasteiger partial charge in [0.25, 0.3) is 0 Å². The molecule has 158 valence electrons. The van der Waals surface area contributed by atoms with Gasteiger partial charge in [0.1, 0.15) is 5.52 Å². The molecule has 0 radical (unpaired) electrons. The van der Waals surface area contributed by atoms with Gasteiger partial charge in [0.15, 0.2) is 28.8 Å². The van der Waals surface area contributed by atoms with Gasteiger partial charge >= 0.3 is 6.03 Å². The number of rotatable bonds is 4. The summed E-state index contributed by atoms with van der Waals surface area (Å²) in [6.07, 6.45) is 4.07. The second kappa shape index (κ2) is 7.75. The standard InChI is InChI=1S/C22H20FN5O3/c1-30-18-7-6-14(12-16(18)23)25-22(29)27-10-8-15(13-27)28-20-17(4-2-9-24-20)26-21(28)19-5-3-11-31-19/h2-7,9,11-12,15H,8,10,13H2,1H3,(H,25,29). The Morgan fingerprint density at radius 3 is 2.97 bits per heavy atom. The van der Waals surface area contributed by atoms with Crippen LogP contribution in [0.2, 0.25) is 0 Å². The summed E-state index contributed by atoms with van der Waals surface area (Å²) in [6, 6.07) is 11.4. The average Bonchev–Trinajstić information content (AvgIpc) is 3.52. The van der Waals surface area contributed by atoms with Gasteiger partial charge < -0.3 is 23.9 Å². The van der Waals surface area contributed by atoms with Gasteiger partial charge in [-0.3, -0.25) is 0 Å². The number of hydrogen-bond acceptors (Lipinski definition) is 5. The first-order valence-electron chi connectivity index (χ1n) is 9.90. The molecule has 8 nitrogen and oxygen atoms in total. The largest absolute Gasteiger partial charge is 0.494 e. The minimum Gasteiger partial charge on any atom is -0.494 e. The third-order valence-corrected chi connectivity index (χ3v) is 5.41. The van der Waals surface area contributed by atoms with Gasteiger partial charge in [0.2, 0.25) is 0 Å². The SMILES string of the molecule is COc1ccc(NC(=O)N2CCC(n3c(-c4ccco4)nc4cccnc43)C2)cc1F. The highest BCUT2D eigenvalue weighted by molar-refractivity contribution is 5.89. The van der Waals surface area contributed by atoms with Crippen LogP contribution in [0, 0.1) is 5.82 Å². The van der Waals surface area contributed by atoms with E-state index in [1.54, 1.807) is 23.4 Å². The fourth-order valence-corrected chi connectivity index (χ4v) is 3.94. The number of nitrogens with one attached hydrogen (secondary N) is 1. The maximum atomic E-state index is 13.9. The fraction of sp³-hybridized carbons (Fsp3) is 0.227. The Hall–Kier alpha value is -3.88. The number of likely N-dealkylation sites (tertiary alicyclic amines) is 1. The summed E-state index contributed by atoms with van der Waals surface area (Å²) >= 11 is 0. The first-order valence-corrected chi connectivity index (χ1v) is 9.90. The molecular weight excluding hydrogens is 401 g/mol. The van der Waals surface area contributed by atoms with E-state index >= 15 is 0 Å². The second-order valence-corrected chi connectivity index (χ2v) is 7.30. The molecule has 1 aliphatic rings. The van der Waals surface area contributed by atoms with Crippen LogP contribution < -0.4 is 10.1 Å². The quantitative estimate of drug-likeness (QED) is 0.531. The summed E-state index contributed by atoms with van der Waals surface area (Å²) in [5.74, 6) is 0.931. The lowest BCUT2D eigenvalue weighted by atomic mass is 10.2.